The van der Waals surface area contributed by atoms with Crippen LogP contribution in [0.2, 0.25) is 0 Å². The van der Waals surface area contributed by atoms with Gasteiger partial charge in [0.15, 0.2) is 23.1 Å². The van der Waals surface area contributed by atoms with Crippen LogP contribution in [-0.4, -0.2) is 227 Å². The van der Waals surface area contributed by atoms with E-state index in [2.05, 4.69) is 44.2 Å². The molecule has 4 rings (SSSR count). The number of nitrogens with one attached hydrogen (secondary N) is 6. The zero-order valence-electron chi connectivity index (χ0n) is 62.2. The maximum atomic E-state index is 14.7. The molecule has 1 aromatic heterocycles. The molecule has 0 aliphatic rings. The normalized spacial score (nSPS) is 14.0. The summed E-state index contributed by atoms with van der Waals surface area (Å²) in [5, 5.41) is 43.4. The van der Waals surface area contributed by atoms with Gasteiger partial charge in [0.1, 0.15) is 23.4 Å². The van der Waals surface area contributed by atoms with E-state index in [9.17, 15) is 87.2 Å². The summed E-state index contributed by atoms with van der Waals surface area (Å²) in [6.45, 7) is 2.39. The lowest BCUT2D eigenvalue weighted by Crippen LogP contribution is -2.48. The first-order chi connectivity index (χ1) is 52.5. The number of aromatic hydroxyl groups is 1. The van der Waals surface area contributed by atoms with E-state index in [-0.39, 0.29) is 134 Å². The number of aromatic nitrogens is 1. The number of ether oxygens (including phenoxy) is 4. The standard InChI is InChI=1S/C76H105N9O22S3/c1-46(74(101)85-62(45-108)73(79)100)35-64(89)56(77)18-17-54(87)21-25-104-27-29-106-31-32-107-30-28-105-26-22-69(94)82-60(42-70(95)96)67(92)41-51(37-48-13-15-53(86)16-14-48)76(103)83-58(24-34-110-3)63(88)19-20-68(93)81-59(38-52-44-80-57-12-8-7-11-55(52)57)65(90)39-49(23-33-109-2)75(102)84-61(43-71(97)98)66(91)40-50(72(78)99)36-47-9-5-4-6-10-47/h4-16,44,46,49-51,56,58-62,80,86,108H,17-43,45,77H2,1-3H3,(H2,78,99)(H2,79,100)(H,81,93)(H,82,94)(H,83,103)(H,84,102)(H,85,101)(H,95,96)(H,97,98)/t46-,49-,50-,51-,56+,58+,59+,60+,61+,62+/m1/s1. The van der Waals surface area contributed by atoms with Crippen molar-refractivity contribution in [3.63, 3.8) is 0 Å². The van der Waals surface area contributed by atoms with Crippen LogP contribution in [0.1, 0.15) is 114 Å². The summed E-state index contributed by atoms with van der Waals surface area (Å²) in [6.07, 6.45) is 0.776. The number of thioether (sulfide) groups is 2. The summed E-state index contributed by atoms with van der Waals surface area (Å²) >= 11 is 6.70. The number of phenolic OH excluding ortho intramolecular Hbond substituents is 1. The quantitative estimate of drug-likeness (QED) is 0.0223. The topological polar surface area (TPSA) is 508 Å². The van der Waals surface area contributed by atoms with Gasteiger partial charge in [0, 0.05) is 111 Å². The van der Waals surface area contributed by atoms with Gasteiger partial charge in [-0.2, -0.15) is 36.2 Å². The maximum Gasteiger partial charge on any atom is 0.305 e. The summed E-state index contributed by atoms with van der Waals surface area (Å²) in [7, 11) is 0. The smallest absolute Gasteiger partial charge is 0.305 e. The van der Waals surface area contributed by atoms with Gasteiger partial charge in [-0.15, -0.1) is 0 Å². The van der Waals surface area contributed by atoms with E-state index in [1.165, 1.54) is 54.7 Å². The molecule has 10 atom stereocenters. The zero-order valence-corrected chi connectivity index (χ0v) is 64.8. The number of H-pyrrole nitrogens is 1. The minimum absolute atomic E-state index is 0.00491. The number of benzene rings is 3. The second kappa shape index (κ2) is 51.5. The predicted molar refractivity (Wildman–Crippen MR) is 413 cm³/mol. The average Bonchev–Trinajstić information content (AvgIpc) is 1.66. The molecule has 15 N–H and O–H groups in total. The van der Waals surface area contributed by atoms with Crippen molar-refractivity contribution in [1.29, 1.82) is 0 Å². The molecule has 3 aromatic carbocycles. The van der Waals surface area contributed by atoms with Gasteiger partial charge >= 0.3 is 11.9 Å². The Labute approximate surface area is 652 Å². The number of para-hydroxylation sites is 1. The number of amides is 7. The lowest BCUT2D eigenvalue weighted by atomic mass is 9.89. The number of aliphatic carboxylic acids is 2. The number of nitrogens with two attached hydrogens (primary N) is 3. The molecule has 31 nitrogen and oxygen atoms in total. The molecule has 604 valence electrons. The maximum absolute atomic E-state index is 14.7. The number of hydrogen-bond donors (Lipinski definition) is 13. The molecule has 4 aromatic rings. The number of phenols is 1. The molecule has 0 fully saturated rings. The lowest BCUT2D eigenvalue weighted by Gasteiger charge is -2.24. The van der Waals surface area contributed by atoms with E-state index in [1.54, 1.807) is 61.2 Å². The van der Waals surface area contributed by atoms with Crippen molar-refractivity contribution in [2.75, 3.05) is 82.6 Å². The van der Waals surface area contributed by atoms with Crippen molar-refractivity contribution in [2.45, 2.75) is 152 Å². The van der Waals surface area contributed by atoms with Crippen LogP contribution in [-0.2, 0) is 110 Å². The number of aromatic amines is 1. The van der Waals surface area contributed by atoms with Gasteiger partial charge in [0.05, 0.1) is 95.9 Å². The Hall–Kier alpha value is -8.90. The Bertz CT molecular complexity index is 3700. The molecule has 110 heavy (non-hydrogen) atoms. The Morgan fingerprint density at radius 3 is 1.55 bits per heavy atom. The number of carboxylic acid groups (broad SMARTS) is 2. The number of fused-ring (bicyclic) bond motifs is 1. The Morgan fingerprint density at radius 1 is 0.464 bits per heavy atom. The van der Waals surface area contributed by atoms with Gasteiger partial charge in [-0.25, -0.2) is 0 Å². The lowest BCUT2D eigenvalue weighted by molar-refractivity contribution is -0.141. The van der Waals surface area contributed by atoms with Crippen LogP contribution in [0.5, 0.6) is 5.75 Å². The Kier molecular flexibility index (Phi) is 43.8. The fourth-order valence-electron chi connectivity index (χ4n) is 11.5. The van der Waals surface area contributed by atoms with Gasteiger partial charge in [-0.1, -0.05) is 67.6 Å². The first-order valence-corrected chi connectivity index (χ1v) is 39.6. The average molecular weight is 1590 g/mol. The van der Waals surface area contributed by atoms with Crippen molar-refractivity contribution in [3.8, 4) is 5.75 Å². The summed E-state index contributed by atoms with van der Waals surface area (Å²) in [5.74, 6) is -15.0. The number of carbonyl (C=O) groups is 15. The second-order valence-corrected chi connectivity index (χ2v) is 28.9. The molecule has 0 saturated heterocycles. The largest absolute Gasteiger partial charge is 0.508 e. The van der Waals surface area contributed by atoms with Gasteiger partial charge < -0.3 is 83.0 Å². The minimum Gasteiger partial charge on any atom is -0.508 e. The number of carboxylic acids is 2. The molecule has 1 heterocycles. The third-order valence-corrected chi connectivity index (χ3v) is 19.5. The van der Waals surface area contributed by atoms with Gasteiger partial charge in [-0.3, -0.25) is 71.9 Å². The van der Waals surface area contributed by atoms with Gasteiger partial charge in [0.2, 0.25) is 41.4 Å². The Morgan fingerprint density at radius 2 is 0.955 bits per heavy atom. The highest BCUT2D eigenvalue weighted by molar-refractivity contribution is 7.98. The third-order valence-electron chi connectivity index (χ3n) is 17.9. The number of thiol groups is 1. The first-order valence-electron chi connectivity index (χ1n) is 36.2. The van der Waals surface area contributed by atoms with Crippen molar-refractivity contribution < 1.29 is 106 Å². The number of carbonyl (C=O) groups excluding carboxylic acids is 13. The van der Waals surface area contributed by atoms with E-state index in [0.717, 1.165) is 10.9 Å². The van der Waals surface area contributed by atoms with Crippen molar-refractivity contribution in [1.82, 2.24) is 31.6 Å². The third kappa shape index (κ3) is 36.3. The highest BCUT2D eigenvalue weighted by atomic mass is 32.2. The van der Waals surface area contributed by atoms with Crippen LogP contribution in [0.4, 0.5) is 0 Å². The number of Topliss-reactive ketones (excluding diaryl/α,β-unsaturated/α-hetero) is 6. The number of primary amides is 2. The fraction of sp³-hybridized carbons (Fsp3) is 0.539. The molecule has 0 radical (unpaired) electrons. The van der Waals surface area contributed by atoms with Crippen LogP contribution in [0, 0.1) is 23.7 Å². The van der Waals surface area contributed by atoms with E-state index in [0.29, 0.717) is 28.2 Å². The van der Waals surface area contributed by atoms with Crippen molar-refractivity contribution >= 4 is 135 Å². The molecule has 0 spiro atoms. The van der Waals surface area contributed by atoms with E-state index in [1.807, 2.05) is 12.1 Å². The van der Waals surface area contributed by atoms with E-state index < -0.39 is 187 Å². The highest BCUT2D eigenvalue weighted by Gasteiger charge is 2.36. The van der Waals surface area contributed by atoms with Crippen LogP contribution in [0.15, 0.2) is 85.1 Å². The van der Waals surface area contributed by atoms with Crippen LogP contribution < -0.4 is 43.8 Å². The monoisotopic (exact) mass is 1590 g/mol. The summed E-state index contributed by atoms with van der Waals surface area (Å²) in [6, 6.07) is 14.0. The highest BCUT2D eigenvalue weighted by Crippen LogP contribution is 2.25. The number of ketones is 6. The molecule has 34 heteroatoms. The molecule has 0 aliphatic carbocycles. The summed E-state index contributed by atoms with van der Waals surface area (Å²) in [4.78, 5) is 201. The molecular formula is C76H105N9O22S3. The van der Waals surface area contributed by atoms with Crippen molar-refractivity contribution in [2.24, 2.45) is 40.9 Å². The van der Waals surface area contributed by atoms with Gasteiger partial charge in [0.25, 0.3) is 0 Å². The SMILES string of the molecule is CSCC[C@H](CC(=O)[C@H](Cc1c[nH]c2ccccc12)NC(=O)CCC(=O)[C@H](CCSC)NC(=O)[C@@H](CC(=O)[C@H](CC(=O)O)NC(=O)CCOCCOCCOCCOCCC(=O)CC[C@H](N)C(=O)C[C@@H](C)C(=O)N[C@@H](CS)C(N)=O)Cc1ccc(O)cc1)C(=O)N[C@@H](CC(=O)O)C(=O)C[C@@H](Cc1ccccc1)C(N)=O. The number of hydrogen-bond acceptors (Lipinski definition) is 24. The molecule has 0 aliphatic heterocycles. The summed E-state index contributed by atoms with van der Waals surface area (Å²) < 4.78 is 22.0. The zero-order chi connectivity index (χ0) is 81.1. The van der Waals surface area contributed by atoms with Crippen LogP contribution >= 0.6 is 36.2 Å². The van der Waals surface area contributed by atoms with Crippen LogP contribution in [0.3, 0.4) is 0 Å². The molecular weight excluding hydrogens is 1490 g/mol. The first kappa shape index (κ1) is 93.5. The molecule has 0 saturated carbocycles. The van der Waals surface area contributed by atoms with E-state index in [4.69, 9.17) is 36.1 Å². The summed E-state index contributed by atoms with van der Waals surface area (Å²) in [5.41, 5.74) is 19.4. The minimum atomic E-state index is -1.60. The second-order valence-electron chi connectivity index (χ2n) is 26.6. The molecule has 0 unspecified atom stereocenters. The number of rotatable bonds is 61. The molecule has 0 bridgehead atoms. The fourth-order valence-corrected chi connectivity index (χ4v) is 12.8. The molecule has 7 amide bonds. The Balaban J connectivity index is 1.31. The van der Waals surface area contributed by atoms with Crippen LogP contribution in [0.25, 0.3) is 10.9 Å². The van der Waals surface area contributed by atoms with E-state index >= 15 is 0 Å². The predicted octanol–water partition coefficient (Wildman–Crippen LogP) is 2.88. The van der Waals surface area contributed by atoms with Gasteiger partial charge in [-0.05, 0) is 91.0 Å². The van der Waals surface area contributed by atoms with Crippen molar-refractivity contribution in [3.05, 3.63) is 102 Å².